The number of carbonyl (C=O) groups is 1. The SMILES string of the molecule is CC(=O)NCc1ccc(S(=O)(=O)Nc2cccc(-n3cnnn3)c2)s1. The largest absolute Gasteiger partial charge is 0.351 e. The molecule has 1 aromatic carbocycles. The zero-order chi connectivity index (χ0) is 17.9. The van der Waals surface area contributed by atoms with E-state index in [1.165, 1.54) is 24.0 Å². The summed E-state index contributed by atoms with van der Waals surface area (Å²) in [5.41, 5.74) is 1.02. The maximum atomic E-state index is 12.5. The molecule has 3 rings (SSSR count). The summed E-state index contributed by atoms with van der Waals surface area (Å²) in [4.78, 5) is 11.7. The summed E-state index contributed by atoms with van der Waals surface area (Å²) in [7, 11) is -3.72. The Labute approximate surface area is 147 Å². The first-order valence-electron chi connectivity index (χ1n) is 7.13. The second-order valence-corrected chi connectivity index (χ2v) is 8.12. The molecular formula is C14H14N6O3S2. The highest BCUT2D eigenvalue weighted by Crippen LogP contribution is 2.24. The summed E-state index contributed by atoms with van der Waals surface area (Å²) in [6.07, 6.45) is 1.42. The number of nitrogens with one attached hydrogen (secondary N) is 2. The first-order chi connectivity index (χ1) is 11.9. The fraction of sp³-hybridized carbons (Fsp3) is 0.143. The van der Waals surface area contributed by atoms with Gasteiger partial charge in [-0.3, -0.25) is 9.52 Å². The van der Waals surface area contributed by atoms with E-state index in [0.717, 1.165) is 16.2 Å². The molecule has 9 nitrogen and oxygen atoms in total. The molecule has 0 aliphatic heterocycles. The molecule has 0 spiro atoms. The summed E-state index contributed by atoms with van der Waals surface area (Å²) in [5.74, 6) is -0.171. The van der Waals surface area contributed by atoms with E-state index in [1.54, 1.807) is 30.3 Å². The van der Waals surface area contributed by atoms with Gasteiger partial charge in [0.25, 0.3) is 10.0 Å². The normalized spacial score (nSPS) is 11.2. The molecule has 3 aromatic rings. The van der Waals surface area contributed by atoms with Crippen LogP contribution in [0.5, 0.6) is 0 Å². The van der Waals surface area contributed by atoms with Crippen LogP contribution >= 0.6 is 11.3 Å². The van der Waals surface area contributed by atoms with Crippen molar-refractivity contribution < 1.29 is 13.2 Å². The number of aromatic nitrogens is 4. The fourth-order valence-electron chi connectivity index (χ4n) is 2.01. The number of carbonyl (C=O) groups excluding carboxylic acids is 1. The van der Waals surface area contributed by atoms with Gasteiger partial charge in [0.1, 0.15) is 10.5 Å². The average molecular weight is 378 g/mol. The predicted molar refractivity (Wildman–Crippen MR) is 91.8 cm³/mol. The molecular weight excluding hydrogens is 364 g/mol. The van der Waals surface area contributed by atoms with Gasteiger partial charge in [0.2, 0.25) is 5.91 Å². The van der Waals surface area contributed by atoms with Crippen molar-refractivity contribution in [2.75, 3.05) is 4.72 Å². The average Bonchev–Trinajstić information content (AvgIpc) is 3.25. The van der Waals surface area contributed by atoms with Crippen molar-refractivity contribution in [3.63, 3.8) is 0 Å². The minimum atomic E-state index is -3.72. The molecule has 1 amide bonds. The Balaban J connectivity index is 1.78. The topological polar surface area (TPSA) is 119 Å². The number of hydrogen-bond acceptors (Lipinski definition) is 7. The Morgan fingerprint density at radius 1 is 1.28 bits per heavy atom. The fourth-order valence-corrected chi connectivity index (χ4v) is 4.35. The molecule has 0 atom stereocenters. The second-order valence-electron chi connectivity index (χ2n) is 5.04. The third-order valence-electron chi connectivity index (χ3n) is 3.13. The number of amides is 1. The van der Waals surface area contributed by atoms with Gasteiger partial charge in [0, 0.05) is 11.8 Å². The highest BCUT2D eigenvalue weighted by atomic mass is 32.2. The lowest BCUT2D eigenvalue weighted by Gasteiger charge is -2.08. The van der Waals surface area contributed by atoms with Crippen molar-refractivity contribution in [2.45, 2.75) is 17.7 Å². The lowest BCUT2D eigenvalue weighted by Crippen LogP contribution is -2.18. The first-order valence-corrected chi connectivity index (χ1v) is 9.43. The summed E-state index contributed by atoms with van der Waals surface area (Å²) < 4.78 is 29.2. The highest BCUT2D eigenvalue weighted by Gasteiger charge is 2.17. The number of tetrazole rings is 1. The second kappa shape index (κ2) is 6.99. The van der Waals surface area contributed by atoms with Crippen LogP contribution in [-0.2, 0) is 21.4 Å². The van der Waals surface area contributed by atoms with Gasteiger partial charge >= 0.3 is 0 Å². The maximum absolute atomic E-state index is 12.5. The van der Waals surface area contributed by atoms with Gasteiger partial charge in [0.15, 0.2) is 0 Å². The van der Waals surface area contributed by atoms with Crippen LogP contribution in [0.1, 0.15) is 11.8 Å². The van der Waals surface area contributed by atoms with Gasteiger partial charge in [-0.05, 0) is 40.8 Å². The molecule has 11 heteroatoms. The Bertz CT molecular complexity index is 982. The van der Waals surface area contributed by atoms with E-state index >= 15 is 0 Å². The lowest BCUT2D eigenvalue weighted by molar-refractivity contribution is -0.119. The van der Waals surface area contributed by atoms with Crippen molar-refractivity contribution >= 4 is 33.0 Å². The van der Waals surface area contributed by atoms with E-state index in [0.29, 0.717) is 17.9 Å². The standard InChI is InChI=1S/C14H14N6O3S2/c1-10(21)15-8-13-5-6-14(24-13)25(22,23)17-11-3-2-4-12(7-11)20-9-16-18-19-20/h2-7,9,17H,8H2,1H3,(H,15,21). The molecule has 0 saturated carbocycles. The third kappa shape index (κ3) is 4.19. The van der Waals surface area contributed by atoms with Crippen LogP contribution in [0.3, 0.4) is 0 Å². The zero-order valence-electron chi connectivity index (χ0n) is 13.1. The van der Waals surface area contributed by atoms with Crippen LogP contribution in [0.25, 0.3) is 5.69 Å². The summed E-state index contributed by atoms with van der Waals surface area (Å²) in [5, 5.41) is 13.5. The van der Waals surface area contributed by atoms with Crippen LogP contribution < -0.4 is 10.0 Å². The quantitative estimate of drug-likeness (QED) is 0.664. The molecule has 0 unspecified atom stereocenters. The lowest BCUT2D eigenvalue weighted by atomic mass is 10.3. The molecule has 0 radical (unpaired) electrons. The van der Waals surface area contributed by atoms with E-state index in [1.807, 2.05) is 0 Å². The van der Waals surface area contributed by atoms with Crippen LogP contribution in [0.15, 0.2) is 46.9 Å². The van der Waals surface area contributed by atoms with E-state index in [9.17, 15) is 13.2 Å². The van der Waals surface area contributed by atoms with Gasteiger partial charge in [-0.15, -0.1) is 16.4 Å². The minimum absolute atomic E-state index is 0.167. The van der Waals surface area contributed by atoms with E-state index in [2.05, 4.69) is 25.6 Å². The molecule has 0 bridgehead atoms. The van der Waals surface area contributed by atoms with Crippen molar-refractivity contribution in [3.05, 3.63) is 47.6 Å². The Morgan fingerprint density at radius 3 is 2.84 bits per heavy atom. The van der Waals surface area contributed by atoms with Gasteiger partial charge in [0.05, 0.1) is 17.9 Å². The Hall–Kier alpha value is -2.79. The van der Waals surface area contributed by atoms with Gasteiger partial charge in [-0.25, -0.2) is 13.1 Å². The molecule has 0 aliphatic carbocycles. The van der Waals surface area contributed by atoms with Gasteiger partial charge in [-0.2, -0.15) is 0 Å². The number of hydrogen-bond donors (Lipinski definition) is 2. The molecule has 0 saturated heterocycles. The van der Waals surface area contributed by atoms with Crippen LogP contribution in [0, 0.1) is 0 Å². The number of nitrogens with zero attached hydrogens (tertiary/aromatic N) is 4. The van der Waals surface area contributed by atoms with Crippen LogP contribution in [0.4, 0.5) is 5.69 Å². The summed E-state index contributed by atoms with van der Waals surface area (Å²) in [6.45, 7) is 1.70. The predicted octanol–water partition coefficient (Wildman–Crippen LogP) is 1.16. The summed E-state index contributed by atoms with van der Waals surface area (Å²) >= 11 is 1.10. The molecule has 25 heavy (non-hydrogen) atoms. The number of rotatable bonds is 6. The number of thiophene rings is 1. The molecule has 0 aliphatic rings. The number of anilines is 1. The van der Waals surface area contributed by atoms with E-state index < -0.39 is 10.0 Å². The molecule has 0 fully saturated rings. The molecule has 2 heterocycles. The minimum Gasteiger partial charge on any atom is -0.351 e. The molecule has 130 valence electrons. The van der Waals surface area contributed by atoms with Crippen molar-refractivity contribution in [2.24, 2.45) is 0 Å². The van der Waals surface area contributed by atoms with Gasteiger partial charge in [-0.1, -0.05) is 6.07 Å². The smallest absolute Gasteiger partial charge is 0.271 e. The molecule has 2 aromatic heterocycles. The molecule has 2 N–H and O–H groups in total. The van der Waals surface area contributed by atoms with Gasteiger partial charge < -0.3 is 5.32 Å². The van der Waals surface area contributed by atoms with Crippen molar-refractivity contribution in [3.8, 4) is 5.69 Å². The third-order valence-corrected chi connectivity index (χ3v) is 6.08. The number of benzene rings is 1. The van der Waals surface area contributed by atoms with Crippen LogP contribution in [0.2, 0.25) is 0 Å². The Kier molecular flexibility index (Phi) is 4.76. The van der Waals surface area contributed by atoms with E-state index in [-0.39, 0.29) is 10.1 Å². The highest BCUT2D eigenvalue weighted by molar-refractivity contribution is 7.94. The van der Waals surface area contributed by atoms with Crippen LogP contribution in [-0.4, -0.2) is 34.5 Å². The van der Waals surface area contributed by atoms with E-state index in [4.69, 9.17) is 0 Å². The van der Waals surface area contributed by atoms with Crippen molar-refractivity contribution in [1.29, 1.82) is 0 Å². The number of sulfonamides is 1. The zero-order valence-corrected chi connectivity index (χ0v) is 14.7. The maximum Gasteiger partial charge on any atom is 0.271 e. The Morgan fingerprint density at radius 2 is 2.12 bits per heavy atom. The monoisotopic (exact) mass is 378 g/mol. The summed E-state index contributed by atoms with van der Waals surface area (Å²) in [6, 6.07) is 9.90. The van der Waals surface area contributed by atoms with Crippen molar-refractivity contribution in [1.82, 2.24) is 25.5 Å². The first kappa shape index (κ1) is 17.0.